The van der Waals surface area contributed by atoms with E-state index >= 15 is 0 Å². The summed E-state index contributed by atoms with van der Waals surface area (Å²) in [5.41, 5.74) is 2.31. The first-order valence-corrected chi connectivity index (χ1v) is 6.78. The molecule has 1 amide bonds. The number of hydrogen-bond acceptors (Lipinski definition) is 3. The van der Waals surface area contributed by atoms with Gasteiger partial charge in [0.15, 0.2) is 0 Å². The van der Waals surface area contributed by atoms with Gasteiger partial charge in [0.05, 0.1) is 0 Å². The first-order valence-electron chi connectivity index (χ1n) is 6.78. The average Bonchev–Trinajstić information content (AvgIpc) is 2.47. The predicted octanol–water partition coefficient (Wildman–Crippen LogP) is 3.43. The highest BCUT2D eigenvalue weighted by Crippen LogP contribution is 2.18. The fourth-order valence-electron chi connectivity index (χ4n) is 2.01. The minimum atomic E-state index is -0.413. The van der Waals surface area contributed by atoms with E-state index in [1.54, 1.807) is 24.3 Å². The second-order valence-electron chi connectivity index (χ2n) is 4.59. The number of carbonyl (C=O) groups excluding carboxylic acids is 2. The quantitative estimate of drug-likeness (QED) is 0.691. The molecule has 2 rings (SSSR count). The summed E-state index contributed by atoms with van der Waals surface area (Å²) >= 11 is 0. The van der Waals surface area contributed by atoms with Gasteiger partial charge in [-0.25, -0.2) is 0 Å². The van der Waals surface area contributed by atoms with Crippen LogP contribution in [0.25, 0.3) is 0 Å². The summed E-state index contributed by atoms with van der Waals surface area (Å²) in [5.74, 6) is -0.285. The van der Waals surface area contributed by atoms with Crippen molar-refractivity contribution in [3.63, 3.8) is 0 Å². The van der Waals surface area contributed by atoms with Crippen LogP contribution in [0.4, 0.5) is 5.69 Å². The van der Waals surface area contributed by atoms with E-state index in [0.717, 1.165) is 17.7 Å². The molecule has 4 heteroatoms. The number of anilines is 1. The number of rotatable bonds is 4. The van der Waals surface area contributed by atoms with Crippen LogP contribution in [-0.2, 0) is 11.2 Å². The molecule has 0 radical (unpaired) electrons. The number of carbonyl (C=O) groups is 2. The van der Waals surface area contributed by atoms with Gasteiger partial charge in [-0.15, -0.1) is 0 Å². The number of ether oxygens (including phenoxy) is 1. The maximum absolute atomic E-state index is 12.3. The Labute approximate surface area is 123 Å². The minimum absolute atomic E-state index is 0.232. The standard InChI is InChI=1S/C17H17NO3/c1-3-13-7-4-5-10-16(13)18-17(20)14-8-6-9-15(11-14)21-12(2)19/h4-11H,3H2,1-2H3,(H,18,20). The zero-order valence-corrected chi connectivity index (χ0v) is 12.1. The van der Waals surface area contributed by atoms with E-state index in [2.05, 4.69) is 5.32 Å². The Kier molecular flexibility index (Phi) is 4.72. The molecule has 2 aromatic rings. The molecule has 4 nitrogen and oxygen atoms in total. The lowest BCUT2D eigenvalue weighted by Crippen LogP contribution is -2.13. The summed E-state index contributed by atoms with van der Waals surface area (Å²) in [5, 5.41) is 2.88. The molecule has 0 unspecified atom stereocenters. The van der Waals surface area contributed by atoms with Gasteiger partial charge in [0, 0.05) is 18.2 Å². The molecule has 0 spiro atoms. The second-order valence-corrected chi connectivity index (χ2v) is 4.59. The molecule has 0 aromatic heterocycles. The SMILES string of the molecule is CCc1ccccc1NC(=O)c1cccc(OC(C)=O)c1. The zero-order chi connectivity index (χ0) is 15.2. The number of nitrogens with one attached hydrogen (secondary N) is 1. The van der Waals surface area contributed by atoms with Crippen LogP contribution in [0.1, 0.15) is 29.8 Å². The maximum Gasteiger partial charge on any atom is 0.308 e. The third-order valence-corrected chi connectivity index (χ3v) is 3.00. The van der Waals surface area contributed by atoms with E-state index in [-0.39, 0.29) is 5.91 Å². The lowest BCUT2D eigenvalue weighted by molar-refractivity contribution is -0.131. The number of benzene rings is 2. The molecule has 108 valence electrons. The molecule has 21 heavy (non-hydrogen) atoms. The van der Waals surface area contributed by atoms with Crippen molar-refractivity contribution in [2.24, 2.45) is 0 Å². The molecule has 0 fully saturated rings. The van der Waals surface area contributed by atoms with Crippen molar-refractivity contribution in [3.8, 4) is 5.75 Å². The Balaban J connectivity index is 2.18. The number of hydrogen-bond donors (Lipinski definition) is 1. The van der Waals surface area contributed by atoms with Gasteiger partial charge in [-0.2, -0.15) is 0 Å². The van der Waals surface area contributed by atoms with Crippen molar-refractivity contribution in [1.82, 2.24) is 0 Å². The highest BCUT2D eigenvalue weighted by Gasteiger charge is 2.09. The smallest absolute Gasteiger partial charge is 0.308 e. The monoisotopic (exact) mass is 283 g/mol. The zero-order valence-electron chi connectivity index (χ0n) is 12.1. The highest BCUT2D eigenvalue weighted by atomic mass is 16.5. The fraction of sp³-hybridized carbons (Fsp3) is 0.176. The molecule has 0 saturated carbocycles. The Morgan fingerprint density at radius 1 is 1.10 bits per heavy atom. The van der Waals surface area contributed by atoms with Crippen LogP contribution in [0.3, 0.4) is 0 Å². The van der Waals surface area contributed by atoms with Crippen LogP contribution in [0.5, 0.6) is 5.75 Å². The molecule has 0 aliphatic heterocycles. The summed E-state index contributed by atoms with van der Waals surface area (Å²) in [6, 6.07) is 14.2. The Bertz CT molecular complexity index is 665. The van der Waals surface area contributed by atoms with Crippen LogP contribution in [0, 0.1) is 0 Å². The molecular weight excluding hydrogens is 266 g/mol. The third kappa shape index (κ3) is 3.92. The van der Waals surface area contributed by atoms with E-state index in [1.165, 1.54) is 6.92 Å². The summed E-state index contributed by atoms with van der Waals surface area (Å²) in [6.07, 6.45) is 0.837. The lowest BCUT2D eigenvalue weighted by atomic mass is 10.1. The van der Waals surface area contributed by atoms with Gasteiger partial charge < -0.3 is 10.1 Å². The van der Waals surface area contributed by atoms with Gasteiger partial charge in [-0.3, -0.25) is 9.59 Å². The van der Waals surface area contributed by atoms with Crippen LogP contribution in [-0.4, -0.2) is 11.9 Å². The molecule has 0 aliphatic rings. The molecule has 0 atom stereocenters. The van der Waals surface area contributed by atoms with E-state index in [4.69, 9.17) is 4.74 Å². The van der Waals surface area contributed by atoms with Gasteiger partial charge in [-0.05, 0) is 36.2 Å². The number of amides is 1. The fourth-order valence-corrected chi connectivity index (χ4v) is 2.01. The van der Waals surface area contributed by atoms with Gasteiger partial charge >= 0.3 is 5.97 Å². The normalized spacial score (nSPS) is 10.0. The number of aryl methyl sites for hydroxylation is 1. The van der Waals surface area contributed by atoms with Crippen molar-refractivity contribution in [3.05, 3.63) is 59.7 Å². The molecule has 0 aliphatic carbocycles. The minimum Gasteiger partial charge on any atom is -0.427 e. The van der Waals surface area contributed by atoms with Crippen molar-refractivity contribution < 1.29 is 14.3 Å². The molecule has 0 saturated heterocycles. The summed E-state index contributed by atoms with van der Waals surface area (Å²) in [4.78, 5) is 23.2. The van der Waals surface area contributed by atoms with Gasteiger partial charge in [0.2, 0.25) is 0 Å². The molecule has 0 bridgehead atoms. The summed E-state index contributed by atoms with van der Waals surface area (Å²) in [6.45, 7) is 3.36. The first-order chi connectivity index (χ1) is 10.1. The first kappa shape index (κ1) is 14.8. The van der Waals surface area contributed by atoms with Crippen LogP contribution < -0.4 is 10.1 Å². The number of esters is 1. The number of para-hydroxylation sites is 1. The van der Waals surface area contributed by atoms with Crippen LogP contribution in [0.2, 0.25) is 0 Å². The van der Waals surface area contributed by atoms with Crippen molar-refractivity contribution in [1.29, 1.82) is 0 Å². The average molecular weight is 283 g/mol. The van der Waals surface area contributed by atoms with Gasteiger partial charge in [0.1, 0.15) is 5.75 Å². The Morgan fingerprint density at radius 3 is 2.57 bits per heavy atom. The predicted molar refractivity (Wildman–Crippen MR) is 81.5 cm³/mol. The molecule has 2 aromatic carbocycles. The summed E-state index contributed by atoms with van der Waals surface area (Å²) < 4.78 is 4.98. The van der Waals surface area contributed by atoms with E-state index in [9.17, 15) is 9.59 Å². The largest absolute Gasteiger partial charge is 0.427 e. The van der Waals surface area contributed by atoms with Crippen molar-refractivity contribution >= 4 is 17.6 Å². The van der Waals surface area contributed by atoms with Crippen LogP contribution >= 0.6 is 0 Å². The molecule has 0 heterocycles. The third-order valence-electron chi connectivity index (χ3n) is 3.00. The lowest BCUT2D eigenvalue weighted by Gasteiger charge is -2.10. The highest BCUT2D eigenvalue weighted by molar-refractivity contribution is 6.04. The van der Waals surface area contributed by atoms with E-state index < -0.39 is 5.97 Å². The second kappa shape index (κ2) is 6.70. The molecule has 1 N–H and O–H groups in total. The maximum atomic E-state index is 12.3. The molecular formula is C17H17NO3. The Hall–Kier alpha value is -2.62. The van der Waals surface area contributed by atoms with E-state index in [0.29, 0.717) is 11.3 Å². The van der Waals surface area contributed by atoms with Gasteiger partial charge in [-0.1, -0.05) is 31.2 Å². The van der Waals surface area contributed by atoms with E-state index in [1.807, 2.05) is 31.2 Å². The Morgan fingerprint density at radius 2 is 1.86 bits per heavy atom. The van der Waals surface area contributed by atoms with Crippen molar-refractivity contribution in [2.45, 2.75) is 20.3 Å². The topological polar surface area (TPSA) is 55.4 Å². The summed E-state index contributed by atoms with van der Waals surface area (Å²) in [7, 11) is 0. The van der Waals surface area contributed by atoms with Crippen molar-refractivity contribution in [2.75, 3.05) is 5.32 Å². The van der Waals surface area contributed by atoms with Crippen LogP contribution in [0.15, 0.2) is 48.5 Å². The van der Waals surface area contributed by atoms with Gasteiger partial charge in [0.25, 0.3) is 5.91 Å².